The fourth-order valence-corrected chi connectivity index (χ4v) is 6.73. The molecule has 0 bridgehead atoms. The van der Waals surface area contributed by atoms with Crippen LogP contribution in [0.1, 0.15) is 88.9 Å². The maximum absolute atomic E-state index is 13.6. The van der Waals surface area contributed by atoms with E-state index in [2.05, 4.69) is 59.2 Å². The van der Waals surface area contributed by atoms with Crippen LogP contribution < -0.4 is 20.7 Å². The van der Waals surface area contributed by atoms with Crippen LogP contribution in [0, 0.1) is 10.8 Å². The molecule has 2 aliphatic rings. The third-order valence-corrected chi connectivity index (χ3v) is 9.87. The van der Waals surface area contributed by atoms with Gasteiger partial charge in [0.2, 0.25) is 5.82 Å². The summed E-state index contributed by atoms with van der Waals surface area (Å²) in [6.07, 6.45) is 12.4. The first-order valence-electron chi connectivity index (χ1n) is 18.2. The zero-order valence-corrected chi connectivity index (χ0v) is 30.9. The molecule has 3 aromatic heterocycles. The Morgan fingerprint density at radius 3 is 2.65 bits per heavy atom. The summed E-state index contributed by atoms with van der Waals surface area (Å²) < 4.78 is 10.6. The molecule has 1 aliphatic heterocycles. The number of allylic oxidation sites excluding steroid dienone is 1. The van der Waals surface area contributed by atoms with Crippen molar-refractivity contribution < 1.29 is 14.8 Å². The zero-order valence-electron chi connectivity index (χ0n) is 30.9. The molecule has 4 heterocycles. The highest BCUT2D eigenvalue weighted by Gasteiger charge is 2.30. The Bertz CT molecular complexity index is 1850. The van der Waals surface area contributed by atoms with Gasteiger partial charge in [0, 0.05) is 29.8 Å². The fraction of sp³-hybridized carbons (Fsp3) is 0.500. The summed E-state index contributed by atoms with van der Waals surface area (Å²) in [5.41, 5.74) is 3.78. The number of nitrogens with two attached hydrogens (primary N) is 1. The molecular weight excluding hydrogens is 642 g/mol. The van der Waals surface area contributed by atoms with Crippen LogP contribution in [0.5, 0.6) is 5.75 Å². The molecule has 1 aromatic carbocycles. The summed E-state index contributed by atoms with van der Waals surface area (Å²) in [7, 11) is 4.06. The number of likely N-dealkylation sites (N-methyl/N-ethyl adjacent to an activating group) is 1. The largest absolute Gasteiger partial charge is 0.484 e. The van der Waals surface area contributed by atoms with Crippen molar-refractivity contribution in [3.8, 4) is 5.75 Å². The molecule has 1 saturated heterocycles. The highest BCUT2D eigenvalue weighted by atomic mass is 16.5. The van der Waals surface area contributed by atoms with E-state index in [4.69, 9.17) is 10.1 Å². The second-order valence-electron chi connectivity index (χ2n) is 15.2. The quantitative estimate of drug-likeness (QED) is 0.154. The predicted octanol–water partition coefficient (Wildman–Crippen LogP) is 4.92. The molecule has 13 heteroatoms. The molecule has 0 spiro atoms. The molecule has 1 fully saturated rings. The Morgan fingerprint density at radius 1 is 1.08 bits per heavy atom. The van der Waals surface area contributed by atoms with Crippen molar-refractivity contribution in [3.05, 3.63) is 83.8 Å². The van der Waals surface area contributed by atoms with Gasteiger partial charge in [0.15, 0.2) is 17.2 Å². The van der Waals surface area contributed by atoms with Gasteiger partial charge in [0.25, 0.3) is 0 Å². The molecule has 13 nitrogen and oxygen atoms in total. The number of nitrogens with zero attached hydrogens (tertiary/aromatic N) is 7. The van der Waals surface area contributed by atoms with Crippen molar-refractivity contribution in [2.24, 2.45) is 5.41 Å². The van der Waals surface area contributed by atoms with Gasteiger partial charge in [-0.15, -0.1) is 10.2 Å². The van der Waals surface area contributed by atoms with Gasteiger partial charge in [-0.2, -0.15) is 5.10 Å². The number of piperidine rings is 1. The third-order valence-electron chi connectivity index (χ3n) is 9.87. The average molecular weight is 697 g/mol. The SMILES string of the molecule is CC1CCCCN1Cc1nnc2ccc(OC3CCC(NC(=O)NC(=CC(=N)C(C)(C)C)[NH2+]c4cnn(CCN(C)C)c4)c4ccccc43)cn12. The van der Waals surface area contributed by atoms with Crippen LogP contribution >= 0.6 is 0 Å². The molecule has 4 aromatic rings. The van der Waals surface area contributed by atoms with Crippen molar-refractivity contribution in [1.29, 1.82) is 5.41 Å². The number of benzene rings is 1. The standard InChI is InChI=1S/C38H53N11O2/c1-26-11-9-10-18-47(26)25-36-45-44-35-17-14-28(24-49(35)36)51-32-16-15-31(29-12-7-8-13-30(29)32)42-37(50)43-34(21-33(39)38(2,3)4)41-27-22-40-48(23-27)20-19-46(5)6/h7-8,12-14,17,21-24,26,31-32,39,41H,9-11,15-16,18-20,25H2,1-6H3,(H2,42,43,50)/p+1. The summed E-state index contributed by atoms with van der Waals surface area (Å²) >= 11 is 0. The normalized spacial score (nSPS) is 20.0. The van der Waals surface area contributed by atoms with Crippen LogP contribution in [0.2, 0.25) is 0 Å². The molecule has 2 amide bonds. The Hall–Kier alpha value is -4.59. The number of urea groups is 1. The molecule has 3 atom stereocenters. The van der Waals surface area contributed by atoms with Crippen LogP contribution in [0.3, 0.4) is 0 Å². The number of amides is 2. The van der Waals surface area contributed by atoms with Crippen LogP contribution in [-0.2, 0) is 13.1 Å². The van der Waals surface area contributed by atoms with Crippen molar-refractivity contribution in [1.82, 2.24) is 44.8 Å². The molecule has 0 saturated carbocycles. The maximum atomic E-state index is 13.6. The highest BCUT2D eigenvalue weighted by molar-refractivity contribution is 5.97. The van der Waals surface area contributed by atoms with E-state index in [0.717, 1.165) is 66.6 Å². The lowest BCUT2D eigenvalue weighted by Gasteiger charge is -2.32. The van der Waals surface area contributed by atoms with Gasteiger partial charge in [-0.3, -0.25) is 24.6 Å². The number of quaternary nitrogens is 1. The molecule has 5 N–H and O–H groups in total. The monoisotopic (exact) mass is 696 g/mol. The number of fused-ring (bicyclic) bond motifs is 2. The summed E-state index contributed by atoms with van der Waals surface area (Å²) in [4.78, 5) is 18.2. The van der Waals surface area contributed by atoms with Gasteiger partial charge < -0.3 is 20.4 Å². The Balaban J connectivity index is 1.14. The van der Waals surface area contributed by atoms with E-state index in [1.165, 1.54) is 19.3 Å². The first-order valence-corrected chi connectivity index (χ1v) is 18.2. The number of nitrogens with one attached hydrogen (secondary N) is 3. The zero-order chi connectivity index (χ0) is 36.1. The lowest BCUT2D eigenvalue weighted by atomic mass is 9.85. The van der Waals surface area contributed by atoms with Gasteiger partial charge >= 0.3 is 6.03 Å². The number of hydrogen-bond acceptors (Lipinski definition) is 8. The van der Waals surface area contributed by atoms with E-state index < -0.39 is 0 Å². The van der Waals surface area contributed by atoms with E-state index in [0.29, 0.717) is 24.0 Å². The minimum Gasteiger partial charge on any atom is -0.484 e. The molecule has 0 radical (unpaired) electrons. The topological polar surface area (TPSA) is 145 Å². The summed E-state index contributed by atoms with van der Waals surface area (Å²) in [6, 6.07) is 12.1. The molecule has 6 rings (SSSR count). The van der Waals surface area contributed by atoms with Gasteiger partial charge in [0.05, 0.1) is 31.5 Å². The fourth-order valence-electron chi connectivity index (χ4n) is 6.73. The predicted molar refractivity (Wildman–Crippen MR) is 198 cm³/mol. The Labute approximate surface area is 301 Å². The van der Waals surface area contributed by atoms with E-state index in [1.54, 1.807) is 12.3 Å². The van der Waals surface area contributed by atoms with Crippen LogP contribution in [-0.4, -0.2) is 79.1 Å². The van der Waals surface area contributed by atoms with E-state index in [-0.39, 0.29) is 23.6 Å². The van der Waals surface area contributed by atoms with Gasteiger partial charge in [-0.05, 0) is 76.5 Å². The first kappa shape index (κ1) is 36.2. The number of rotatable bonds is 12. The molecule has 272 valence electrons. The van der Waals surface area contributed by atoms with Crippen LogP contribution in [0.4, 0.5) is 10.5 Å². The lowest BCUT2D eigenvalue weighted by molar-refractivity contribution is -0.522. The smallest absolute Gasteiger partial charge is 0.323 e. The lowest BCUT2D eigenvalue weighted by Crippen LogP contribution is -2.79. The summed E-state index contributed by atoms with van der Waals surface area (Å²) in [6.45, 7) is 11.7. The summed E-state index contributed by atoms with van der Waals surface area (Å²) in [5.74, 6) is 2.21. The minimum absolute atomic E-state index is 0.165. The maximum Gasteiger partial charge on any atom is 0.323 e. The summed E-state index contributed by atoms with van der Waals surface area (Å²) in [5, 5.41) is 30.2. The highest BCUT2D eigenvalue weighted by Crippen LogP contribution is 2.39. The Morgan fingerprint density at radius 2 is 1.88 bits per heavy atom. The van der Waals surface area contributed by atoms with Gasteiger partial charge in [-0.1, -0.05) is 51.5 Å². The average Bonchev–Trinajstić information content (AvgIpc) is 3.71. The number of likely N-dealkylation sites (tertiary alicyclic amines) is 1. The second kappa shape index (κ2) is 15.7. The van der Waals surface area contributed by atoms with Crippen molar-refractivity contribution in [2.45, 2.75) is 91.1 Å². The van der Waals surface area contributed by atoms with Crippen molar-refractivity contribution in [3.63, 3.8) is 0 Å². The van der Waals surface area contributed by atoms with Crippen LogP contribution in [0.15, 0.2) is 66.9 Å². The number of pyridine rings is 1. The van der Waals surface area contributed by atoms with Crippen molar-refractivity contribution >= 4 is 23.1 Å². The number of hydrogen-bond donors (Lipinski definition) is 4. The molecular formula is C38H54N11O2+. The third kappa shape index (κ3) is 9.21. The second-order valence-corrected chi connectivity index (χ2v) is 15.2. The van der Waals surface area contributed by atoms with E-state index >= 15 is 0 Å². The van der Waals surface area contributed by atoms with Gasteiger partial charge in [-0.25, -0.2) is 4.79 Å². The number of carbonyl (C=O) groups is 1. The molecule has 3 unspecified atom stereocenters. The number of ether oxygens (including phenoxy) is 1. The molecule has 1 aliphatic carbocycles. The van der Waals surface area contributed by atoms with Crippen molar-refractivity contribution in [2.75, 3.05) is 27.2 Å². The van der Waals surface area contributed by atoms with Crippen LogP contribution in [0.25, 0.3) is 5.65 Å². The van der Waals surface area contributed by atoms with E-state index in [9.17, 15) is 4.79 Å². The number of aromatic nitrogens is 5. The minimum atomic E-state index is -0.378. The van der Waals surface area contributed by atoms with E-state index in [1.807, 2.05) is 81.5 Å². The number of carbonyl (C=O) groups excluding carboxylic acids is 1. The Kier molecular flexibility index (Phi) is 11.2. The van der Waals surface area contributed by atoms with Gasteiger partial charge in [0.1, 0.15) is 18.1 Å². The first-order chi connectivity index (χ1) is 24.4. The molecule has 51 heavy (non-hydrogen) atoms.